The van der Waals surface area contributed by atoms with Gasteiger partial charge in [0.1, 0.15) is 6.04 Å². The third-order valence-corrected chi connectivity index (χ3v) is 4.62. The van der Waals surface area contributed by atoms with Gasteiger partial charge in [-0.1, -0.05) is 6.42 Å². The van der Waals surface area contributed by atoms with Crippen LogP contribution in [0.15, 0.2) is 12.5 Å². The van der Waals surface area contributed by atoms with E-state index in [1.807, 2.05) is 0 Å². The number of nitrogens with zero attached hydrogens (tertiary/aromatic N) is 1. The number of imidazole rings is 1. The molecule has 1 amide bonds. The highest BCUT2D eigenvalue weighted by Gasteiger charge is 2.43. The van der Waals surface area contributed by atoms with E-state index in [9.17, 15) is 14.7 Å². The van der Waals surface area contributed by atoms with Crippen molar-refractivity contribution in [1.29, 1.82) is 0 Å². The fourth-order valence-corrected chi connectivity index (χ4v) is 3.55. The maximum atomic E-state index is 12.4. The van der Waals surface area contributed by atoms with Crippen molar-refractivity contribution in [2.75, 3.05) is 6.54 Å². The molecule has 0 radical (unpaired) electrons. The smallest absolute Gasteiger partial charge is 0.326 e. The van der Waals surface area contributed by atoms with Crippen molar-refractivity contribution >= 4 is 11.9 Å². The minimum absolute atomic E-state index is 0.198. The number of aliphatic carboxylic acids is 1. The number of amides is 1. The van der Waals surface area contributed by atoms with Crippen LogP contribution >= 0.6 is 0 Å². The lowest BCUT2D eigenvalue weighted by Crippen LogP contribution is -2.51. The van der Waals surface area contributed by atoms with Gasteiger partial charge in [0.05, 0.1) is 12.4 Å². The Kier molecular flexibility index (Phi) is 3.92. The summed E-state index contributed by atoms with van der Waals surface area (Å²) >= 11 is 0. The average Bonchev–Trinajstić information content (AvgIpc) is 3.14. The Balaban J connectivity index is 1.62. The van der Waals surface area contributed by atoms with E-state index < -0.39 is 12.0 Å². The molecule has 3 rings (SSSR count). The van der Waals surface area contributed by atoms with Crippen molar-refractivity contribution in [1.82, 2.24) is 20.6 Å². The van der Waals surface area contributed by atoms with E-state index in [4.69, 9.17) is 0 Å². The summed E-state index contributed by atoms with van der Waals surface area (Å²) in [5.41, 5.74) is 0.695. The van der Waals surface area contributed by atoms with Crippen LogP contribution in [0.1, 0.15) is 25.0 Å². The van der Waals surface area contributed by atoms with Crippen molar-refractivity contribution in [3.63, 3.8) is 0 Å². The molecule has 1 aliphatic carbocycles. The van der Waals surface area contributed by atoms with Crippen LogP contribution in [0.2, 0.25) is 0 Å². The molecule has 1 saturated carbocycles. The van der Waals surface area contributed by atoms with E-state index in [0.717, 1.165) is 25.8 Å². The number of carboxylic acid groups (broad SMARTS) is 1. The molecule has 3 unspecified atom stereocenters. The highest BCUT2D eigenvalue weighted by Crippen LogP contribution is 2.37. The molecule has 21 heavy (non-hydrogen) atoms. The molecule has 0 aromatic carbocycles. The molecule has 1 aromatic heterocycles. The molecular weight excluding hydrogens is 272 g/mol. The molecule has 0 bridgehead atoms. The highest BCUT2D eigenvalue weighted by molar-refractivity contribution is 5.87. The Morgan fingerprint density at radius 3 is 3.05 bits per heavy atom. The van der Waals surface area contributed by atoms with Gasteiger partial charge < -0.3 is 20.7 Å². The number of carbonyl (C=O) groups excluding carboxylic acids is 1. The van der Waals surface area contributed by atoms with E-state index in [2.05, 4.69) is 20.6 Å². The summed E-state index contributed by atoms with van der Waals surface area (Å²) in [6, 6.07) is -1.18. The van der Waals surface area contributed by atoms with Crippen LogP contribution in [0, 0.1) is 11.8 Å². The molecule has 1 saturated heterocycles. The molecule has 0 spiro atoms. The van der Waals surface area contributed by atoms with Crippen molar-refractivity contribution in [2.45, 2.75) is 37.8 Å². The quantitative estimate of drug-likeness (QED) is 0.607. The van der Waals surface area contributed by atoms with E-state index in [1.165, 1.54) is 6.33 Å². The topological polar surface area (TPSA) is 107 Å². The summed E-state index contributed by atoms with van der Waals surface area (Å²) in [7, 11) is 0. The zero-order valence-corrected chi connectivity index (χ0v) is 11.7. The highest BCUT2D eigenvalue weighted by atomic mass is 16.4. The fraction of sp³-hybridized carbons (Fsp3) is 0.643. The monoisotopic (exact) mass is 292 g/mol. The van der Waals surface area contributed by atoms with Crippen molar-refractivity contribution in [3.8, 4) is 0 Å². The van der Waals surface area contributed by atoms with Crippen molar-refractivity contribution in [2.24, 2.45) is 11.8 Å². The normalized spacial score (nSPS) is 29.0. The van der Waals surface area contributed by atoms with Crippen LogP contribution in [0.3, 0.4) is 0 Å². The number of aromatic nitrogens is 2. The van der Waals surface area contributed by atoms with Crippen LogP contribution < -0.4 is 10.6 Å². The zero-order chi connectivity index (χ0) is 14.8. The number of hydrogen-bond acceptors (Lipinski definition) is 4. The van der Waals surface area contributed by atoms with Crippen LogP contribution in [0.5, 0.6) is 0 Å². The average molecular weight is 292 g/mol. The lowest BCUT2D eigenvalue weighted by Gasteiger charge is -2.21. The SMILES string of the molecule is O=C(N[C@@H](Cc1cnc[nH]1)C(=O)O)C1NCC2CCCC21. The summed E-state index contributed by atoms with van der Waals surface area (Å²) < 4.78 is 0. The molecule has 114 valence electrons. The molecule has 7 heteroatoms. The van der Waals surface area contributed by atoms with Crippen LogP contribution in [-0.2, 0) is 16.0 Å². The largest absolute Gasteiger partial charge is 0.480 e. The first-order chi connectivity index (χ1) is 10.1. The second-order valence-electron chi connectivity index (χ2n) is 5.92. The van der Waals surface area contributed by atoms with E-state index in [-0.39, 0.29) is 18.4 Å². The predicted octanol–water partition coefficient (Wildman–Crippen LogP) is -0.0903. The first-order valence-corrected chi connectivity index (χ1v) is 7.39. The van der Waals surface area contributed by atoms with Gasteiger partial charge in [-0.2, -0.15) is 0 Å². The van der Waals surface area contributed by atoms with Gasteiger partial charge in [0.25, 0.3) is 0 Å². The summed E-state index contributed by atoms with van der Waals surface area (Å²) in [5.74, 6) is -0.307. The Morgan fingerprint density at radius 1 is 1.48 bits per heavy atom. The van der Waals surface area contributed by atoms with Crippen LogP contribution in [0.4, 0.5) is 0 Å². The van der Waals surface area contributed by atoms with Gasteiger partial charge in [-0.15, -0.1) is 0 Å². The lowest BCUT2D eigenvalue weighted by molar-refractivity contribution is -0.142. The second-order valence-corrected chi connectivity index (χ2v) is 5.92. The van der Waals surface area contributed by atoms with Gasteiger partial charge in [0.15, 0.2) is 0 Å². The number of H-pyrrole nitrogens is 1. The standard InChI is InChI=1S/C14H20N4O3/c19-13(12-10-3-1-2-8(10)5-16-12)18-11(14(20)21)4-9-6-15-7-17-9/h6-8,10-12,16H,1-5H2,(H,15,17)(H,18,19)(H,20,21)/t8?,10?,11-,12?/m0/s1. The number of aromatic amines is 1. The van der Waals surface area contributed by atoms with E-state index in [0.29, 0.717) is 17.5 Å². The number of carbonyl (C=O) groups is 2. The van der Waals surface area contributed by atoms with Crippen molar-refractivity contribution in [3.05, 3.63) is 18.2 Å². The summed E-state index contributed by atoms with van der Waals surface area (Å²) in [6.45, 7) is 0.862. The molecule has 7 nitrogen and oxygen atoms in total. The minimum Gasteiger partial charge on any atom is -0.480 e. The van der Waals surface area contributed by atoms with Gasteiger partial charge in [0, 0.05) is 18.3 Å². The molecule has 2 heterocycles. The van der Waals surface area contributed by atoms with Gasteiger partial charge in [-0.3, -0.25) is 4.79 Å². The maximum absolute atomic E-state index is 12.4. The molecule has 2 fully saturated rings. The zero-order valence-electron chi connectivity index (χ0n) is 11.7. The number of hydrogen-bond donors (Lipinski definition) is 4. The van der Waals surface area contributed by atoms with Gasteiger partial charge in [0.2, 0.25) is 5.91 Å². The Hall–Kier alpha value is -1.89. The number of nitrogens with one attached hydrogen (secondary N) is 3. The predicted molar refractivity (Wildman–Crippen MR) is 74.5 cm³/mol. The molecule has 1 aliphatic heterocycles. The third kappa shape index (κ3) is 2.92. The fourth-order valence-electron chi connectivity index (χ4n) is 3.55. The van der Waals surface area contributed by atoms with Crippen LogP contribution in [-0.4, -0.2) is 45.6 Å². The van der Waals surface area contributed by atoms with Gasteiger partial charge >= 0.3 is 5.97 Å². The molecule has 2 aliphatic rings. The Morgan fingerprint density at radius 2 is 2.33 bits per heavy atom. The Bertz CT molecular complexity index is 516. The summed E-state index contributed by atoms with van der Waals surface area (Å²) in [6.07, 6.45) is 6.66. The molecular formula is C14H20N4O3. The maximum Gasteiger partial charge on any atom is 0.326 e. The summed E-state index contributed by atoms with van der Waals surface area (Å²) in [5, 5.41) is 15.2. The minimum atomic E-state index is -1.03. The van der Waals surface area contributed by atoms with E-state index in [1.54, 1.807) is 6.20 Å². The second kappa shape index (κ2) is 5.85. The first-order valence-electron chi connectivity index (χ1n) is 7.39. The number of fused-ring (bicyclic) bond motifs is 1. The lowest BCUT2D eigenvalue weighted by atomic mass is 9.93. The number of carboxylic acids is 1. The van der Waals surface area contributed by atoms with Crippen LogP contribution in [0.25, 0.3) is 0 Å². The van der Waals surface area contributed by atoms with E-state index >= 15 is 0 Å². The van der Waals surface area contributed by atoms with Crippen molar-refractivity contribution < 1.29 is 14.7 Å². The molecule has 1 aromatic rings. The van der Waals surface area contributed by atoms with Gasteiger partial charge in [-0.05, 0) is 31.2 Å². The molecule has 4 atom stereocenters. The van der Waals surface area contributed by atoms with Gasteiger partial charge in [-0.25, -0.2) is 9.78 Å². The Labute approximate surface area is 122 Å². The third-order valence-electron chi connectivity index (χ3n) is 4.62. The summed E-state index contributed by atoms with van der Waals surface area (Å²) in [4.78, 5) is 30.4. The first kappa shape index (κ1) is 14.1. The number of rotatable bonds is 5. The molecule has 4 N–H and O–H groups in total.